The lowest BCUT2D eigenvalue weighted by atomic mass is 10.1. The van der Waals surface area contributed by atoms with Crippen LogP contribution in [0.5, 0.6) is 0 Å². The van der Waals surface area contributed by atoms with Crippen molar-refractivity contribution in [2.75, 3.05) is 0 Å². The number of rotatable bonds is 1. The van der Waals surface area contributed by atoms with E-state index in [2.05, 4.69) is 73.5 Å². The predicted molar refractivity (Wildman–Crippen MR) is 73.7 cm³/mol. The van der Waals surface area contributed by atoms with Crippen molar-refractivity contribution in [3.63, 3.8) is 0 Å². The zero-order chi connectivity index (χ0) is 11.9. The molecule has 2 aromatic rings. The zero-order valence-electron chi connectivity index (χ0n) is 9.16. The highest BCUT2D eigenvalue weighted by atomic mass is 79.9. The minimum absolute atomic E-state index is 0.0211. The van der Waals surface area contributed by atoms with Gasteiger partial charge < -0.3 is 4.57 Å². The maximum atomic E-state index is 4.20. The molecule has 0 saturated carbocycles. The second-order valence-electron chi connectivity index (χ2n) is 4.43. The van der Waals surface area contributed by atoms with Gasteiger partial charge in [-0.05, 0) is 58.7 Å². The Bertz CT molecular complexity index is 510. The molecule has 0 aliphatic heterocycles. The lowest BCUT2D eigenvalue weighted by Gasteiger charge is -2.22. The van der Waals surface area contributed by atoms with E-state index in [1.807, 2.05) is 0 Å². The highest BCUT2D eigenvalue weighted by Crippen LogP contribution is 2.38. The molecule has 0 N–H and O–H groups in total. The fourth-order valence-corrected chi connectivity index (χ4v) is 4.19. The van der Waals surface area contributed by atoms with Crippen LogP contribution in [-0.4, -0.2) is 14.8 Å². The quantitative estimate of drug-likeness (QED) is 0.755. The molecule has 2 heterocycles. The SMILES string of the molecule is CC(C)(C)n1cnnc1-c1cc(Br)sc1Br. The number of thiophene rings is 1. The summed E-state index contributed by atoms with van der Waals surface area (Å²) in [5.41, 5.74) is 1.05. The maximum Gasteiger partial charge on any atom is 0.166 e. The van der Waals surface area contributed by atoms with Crippen molar-refractivity contribution in [1.82, 2.24) is 14.8 Å². The Morgan fingerprint density at radius 3 is 2.50 bits per heavy atom. The van der Waals surface area contributed by atoms with Crippen molar-refractivity contribution < 1.29 is 0 Å². The lowest BCUT2D eigenvalue weighted by Crippen LogP contribution is -2.21. The van der Waals surface area contributed by atoms with E-state index in [-0.39, 0.29) is 5.54 Å². The third kappa shape index (κ3) is 2.24. The van der Waals surface area contributed by atoms with E-state index in [0.29, 0.717) is 0 Å². The topological polar surface area (TPSA) is 30.7 Å². The first-order valence-corrected chi connectivity index (χ1v) is 7.15. The van der Waals surface area contributed by atoms with Crippen molar-refractivity contribution in [3.8, 4) is 11.4 Å². The molecule has 0 spiro atoms. The molecule has 0 unspecified atom stereocenters. The van der Waals surface area contributed by atoms with Gasteiger partial charge in [-0.25, -0.2) is 0 Å². The minimum Gasteiger partial charge on any atom is -0.308 e. The Labute approximate surface area is 115 Å². The number of nitrogens with zero attached hydrogens (tertiary/aromatic N) is 3. The van der Waals surface area contributed by atoms with Crippen LogP contribution >= 0.6 is 43.2 Å². The van der Waals surface area contributed by atoms with Gasteiger partial charge in [0, 0.05) is 11.1 Å². The summed E-state index contributed by atoms with van der Waals surface area (Å²) in [4.78, 5) is 0. The van der Waals surface area contributed by atoms with Gasteiger partial charge in [0.05, 0.1) is 7.57 Å². The summed E-state index contributed by atoms with van der Waals surface area (Å²) in [6.45, 7) is 6.40. The standard InChI is InChI=1S/C10H11Br2N3S/c1-10(2,3)15-5-13-14-9(15)6-4-7(11)16-8(6)12/h4-5H,1-3H3. The van der Waals surface area contributed by atoms with Crippen LogP contribution in [0.4, 0.5) is 0 Å². The maximum absolute atomic E-state index is 4.20. The van der Waals surface area contributed by atoms with E-state index in [1.54, 1.807) is 17.7 Å². The smallest absolute Gasteiger partial charge is 0.166 e. The summed E-state index contributed by atoms with van der Waals surface area (Å²) in [6, 6.07) is 2.06. The molecule has 0 saturated heterocycles. The van der Waals surface area contributed by atoms with Gasteiger partial charge in [0.1, 0.15) is 6.33 Å². The summed E-state index contributed by atoms with van der Waals surface area (Å²) in [5.74, 6) is 0.890. The molecule has 2 aromatic heterocycles. The van der Waals surface area contributed by atoms with Crippen molar-refractivity contribution >= 4 is 43.2 Å². The van der Waals surface area contributed by atoms with Gasteiger partial charge in [-0.2, -0.15) is 0 Å². The van der Waals surface area contributed by atoms with E-state index >= 15 is 0 Å². The number of halogens is 2. The van der Waals surface area contributed by atoms with Gasteiger partial charge in [0.2, 0.25) is 0 Å². The van der Waals surface area contributed by atoms with Crippen molar-refractivity contribution in [2.45, 2.75) is 26.3 Å². The highest BCUT2D eigenvalue weighted by molar-refractivity contribution is 9.12. The van der Waals surface area contributed by atoms with Gasteiger partial charge in [-0.1, -0.05) is 0 Å². The number of aromatic nitrogens is 3. The van der Waals surface area contributed by atoms with Crippen LogP contribution in [0.3, 0.4) is 0 Å². The fourth-order valence-electron chi connectivity index (χ4n) is 1.40. The van der Waals surface area contributed by atoms with Crippen molar-refractivity contribution in [3.05, 3.63) is 20.0 Å². The molecule has 0 aliphatic rings. The normalized spacial score (nSPS) is 12.1. The van der Waals surface area contributed by atoms with Crippen LogP contribution in [-0.2, 0) is 5.54 Å². The molecule has 0 aliphatic carbocycles. The number of hydrogen-bond donors (Lipinski definition) is 0. The third-order valence-electron chi connectivity index (χ3n) is 2.17. The largest absolute Gasteiger partial charge is 0.308 e. The van der Waals surface area contributed by atoms with Crippen LogP contribution in [0, 0.1) is 0 Å². The van der Waals surface area contributed by atoms with Crippen LogP contribution in [0.15, 0.2) is 20.0 Å². The third-order valence-corrected chi connectivity index (χ3v) is 4.51. The second kappa shape index (κ2) is 4.23. The van der Waals surface area contributed by atoms with Gasteiger partial charge in [-0.3, -0.25) is 0 Å². The first-order valence-electron chi connectivity index (χ1n) is 4.75. The minimum atomic E-state index is -0.0211. The summed E-state index contributed by atoms with van der Waals surface area (Å²) in [7, 11) is 0. The van der Waals surface area contributed by atoms with E-state index in [1.165, 1.54) is 0 Å². The molecule has 0 atom stereocenters. The van der Waals surface area contributed by atoms with Crippen LogP contribution in [0.25, 0.3) is 11.4 Å². The van der Waals surface area contributed by atoms with E-state index in [9.17, 15) is 0 Å². The Morgan fingerprint density at radius 2 is 2.00 bits per heavy atom. The Balaban J connectivity index is 2.57. The van der Waals surface area contributed by atoms with E-state index in [4.69, 9.17) is 0 Å². The molecule has 3 nitrogen and oxygen atoms in total. The molecular formula is C10H11Br2N3S. The average Bonchev–Trinajstić information content (AvgIpc) is 2.69. The molecule has 0 bridgehead atoms. The summed E-state index contributed by atoms with van der Waals surface area (Å²) < 4.78 is 4.22. The fraction of sp³-hybridized carbons (Fsp3) is 0.400. The Kier molecular flexibility index (Phi) is 3.25. The molecule has 6 heteroatoms. The van der Waals surface area contributed by atoms with Crippen LogP contribution in [0.2, 0.25) is 0 Å². The first-order chi connectivity index (χ1) is 7.39. The van der Waals surface area contributed by atoms with E-state index < -0.39 is 0 Å². The van der Waals surface area contributed by atoms with E-state index in [0.717, 1.165) is 19.0 Å². The molecule has 0 radical (unpaired) electrons. The lowest BCUT2D eigenvalue weighted by molar-refractivity contribution is 0.400. The van der Waals surface area contributed by atoms with Crippen LogP contribution < -0.4 is 0 Å². The summed E-state index contributed by atoms with van der Waals surface area (Å²) >= 11 is 8.66. The summed E-state index contributed by atoms with van der Waals surface area (Å²) in [5, 5.41) is 8.19. The van der Waals surface area contributed by atoms with Crippen LogP contribution in [0.1, 0.15) is 20.8 Å². The van der Waals surface area contributed by atoms with Gasteiger partial charge in [0.25, 0.3) is 0 Å². The molecule has 0 fully saturated rings. The van der Waals surface area contributed by atoms with Gasteiger partial charge in [0.15, 0.2) is 5.82 Å². The molecule has 2 rings (SSSR count). The monoisotopic (exact) mass is 363 g/mol. The molecule has 0 amide bonds. The highest BCUT2D eigenvalue weighted by Gasteiger charge is 2.21. The second-order valence-corrected chi connectivity index (χ2v) is 8.18. The molecule has 16 heavy (non-hydrogen) atoms. The number of hydrogen-bond acceptors (Lipinski definition) is 3. The average molecular weight is 365 g/mol. The Hall–Kier alpha value is -0.200. The van der Waals surface area contributed by atoms with Gasteiger partial charge in [-0.15, -0.1) is 21.5 Å². The Morgan fingerprint density at radius 1 is 1.31 bits per heavy atom. The molecular weight excluding hydrogens is 354 g/mol. The summed E-state index contributed by atoms with van der Waals surface area (Å²) in [6.07, 6.45) is 1.77. The first kappa shape index (κ1) is 12.3. The molecule has 0 aromatic carbocycles. The molecule has 86 valence electrons. The van der Waals surface area contributed by atoms with Crippen molar-refractivity contribution in [1.29, 1.82) is 0 Å². The zero-order valence-corrected chi connectivity index (χ0v) is 13.1. The van der Waals surface area contributed by atoms with Crippen molar-refractivity contribution in [2.24, 2.45) is 0 Å². The van der Waals surface area contributed by atoms with Gasteiger partial charge >= 0.3 is 0 Å². The predicted octanol–water partition coefficient (Wildman–Crippen LogP) is 4.29.